The van der Waals surface area contributed by atoms with E-state index in [1.54, 1.807) is 30.1 Å². The first-order valence-corrected chi connectivity index (χ1v) is 13.6. The van der Waals surface area contributed by atoms with Crippen LogP contribution in [0.5, 0.6) is 0 Å². The van der Waals surface area contributed by atoms with Crippen molar-refractivity contribution in [2.75, 3.05) is 53.6 Å². The van der Waals surface area contributed by atoms with Gasteiger partial charge in [0.2, 0.25) is 11.7 Å². The average molecular weight is 640 g/mol. The van der Waals surface area contributed by atoms with Crippen LogP contribution < -0.4 is 0 Å². The van der Waals surface area contributed by atoms with E-state index >= 15 is 0 Å². The van der Waals surface area contributed by atoms with Gasteiger partial charge in [0.05, 0.1) is 58.1 Å². The lowest BCUT2D eigenvalue weighted by Crippen LogP contribution is -2.38. The molecule has 0 N–H and O–H groups in total. The van der Waals surface area contributed by atoms with Crippen molar-refractivity contribution in [3.05, 3.63) is 78.9 Å². The van der Waals surface area contributed by atoms with Crippen LogP contribution >= 0.6 is 46.4 Å². The molecule has 2 heterocycles. The number of amides is 1. The maximum absolute atomic E-state index is 12.4. The Morgan fingerprint density at radius 1 is 0.829 bits per heavy atom. The van der Waals surface area contributed by atoms with Crippen LogP contribution in [0.1, 0.15) is 27.1 Å². The van der Waals surface area contributed by atoms with E-state index in [4.69, 9.17) is 61.1 Å². The number of morpholine rings is 2. The van der Waals surface area contributed by atoms with Gasteiger partial charge in [-0.15, -0.1) is 0 Å². The van der Waals surface area contributed by atoms with E-state index in [1.807, 2.05) is 18.0 Å². The van der Waals surface area contributed by atoms with E-state index in [2.05, 4.69) is 0 Å². The Kier molecular flexibility index (Phi) is 14.1. The third kappa shape index (κ3) is 10.3. The number of benzene rings is 2. The van der Waals surface area contributed by atoms with Crippen LogP contribution in [0.4, 0.5) is 0 Å². The molecule has 9 nitrogen and oxygen atoms in total. The second kappa shape index (κ2) is 17.0. The number of nitrogens with zero attached hydrogens (tertiary/aromatic N) is 4. The highest BCUT2D eigenvalue weighted by molar-refractivity contribution is 6.42. The molecule has 0 unspecified atom stereocenters. The van der Waals surface area contributed by atoms with Crippen molar-refractivity contribution in [3.63, 3.8) is 0 Å². The van der Waals surface area contributed by atoms with Crippen LogP contribution in [0, 0.1) is 22.7 Å². The lowest BCUT2D eigenvalue weighted by atomic mass is 10.0. The summed E-state index contributed by atoms with van der Waals surface area (Å²) < 4.78 is 10.2. The highest BCUT2D eigenvalue weighted by Crippen LogP contribution is 2.25. The number of nitriles is 2. The van der Waals surface area contributed by atoms with Gasteiger partial charge >= 0.3 is 0 Å². The maximum Gasteiger partial charge on any atom is 0.248 e. The monoisotopic (exact) mass is 638 g/mol. The van der Waals surface area contributed by atoms with Gasteiger partial charge < -0.3 is 19.3 Å². The number of hydrogen-bond acceptors (Lipinski definition) is 8. The summed E-state index contributed by atoms with van der Waals surface area (Å²) in [7, 11) is 3.61. The first-order chi connectivity index (χ1) is 19.5. The number of hydrogen-bond donors (Lipinski definition) is 0. The first-order valence-electron chi connectivity index (χ1n) is 12.1. The van der Waals surface area contributed by atoms with Gasteiger partial charge in [-0.3, -0.25) is 14.4 Å². The second-order valence-electron chi connectivity index (χ2n) is 8.62. The quantitative estimate of drug-likeness (QED) is 0.245. The van der Waals surface area contributed by atoms with E-state index < -0.39 is 0 Å². The molecular formula is C28H26Cl4N4O5. The van der Waals surface area contributed by atoms with Crippen LogP contribution in [0.2, 0.25) is 20.1 Å². The topological polar surface area (TPSA) is 124 Å². The molecule has 41 heavy (non-hydrogen) atoms. The predicted molar refractivity (Wildman–Crippen MR) is 156 cm³/mol. The summed E-state index contributed by atoms with van der Waals surface area (Å²) in [6.45, 7) is 3.17. The van der Waals surface area contributed by atoms with Crippen molar-refractivity contribution in [1.82, 2.24) is 9.80 Å². The number of rotatable bonds is 4. The molecule has 4 rings (SSSR count). The smallest absolute Gasteiger partial charge is 0.248 e. The van der Waals surface area contributed by atoms with Gasteiger partial charge in [-0.2, -0.15) is 10.5 Å². The zero-order valence-corrected chi connectivity index (χ0v) is 25.3. The standard InChI is InChI=1S/C14H12Cl2N2O2.C9H5Cl2NO.C5H9NO2/c1-18-4-5-20-8-13(18)10(7-17)14(19)9-2-3-11(15)12(16)6-9;10-7-2-1-6(5-8(7)11)9(13)3-4-12;1-6-2-3-8-4-5(6)7/h2-3,6H,4-5,8H2,1H3;1-2,5H,3H2;2-4H2,1H3/b13-10-;;. The molecule has 0 spiro atoms. The molecule has 2 aliphatic rings. The highest BCUT2D eigenvalue weighted by atomic mass is 35.5. The lowest BCUT2D eigenvalue weighted by molar-refractivity contribution is -0.140. The predicted octanol–water partition coefficient (Wildman–Crippen LogP) is 5.48. The fraction of sp³-hybridized carbons (Fsp3) is 0.321. The van der Waals surface area contributed by atoms with Crippen molar-refractivity contribution < 1.29 is 23.9 Å². The summed E-state index contributed by atoms with van der Waals surface area (Å²) in [6, 6.07) is 12.8. The van der Waals surface area contributed by atoms with Crippen molar-refractivity contribution in [2.45, 2.75) is 6.42 Å². The minimum absolute atomic E-state index is 0.0746. The van der Waals surface area contributed by atoms with Gasteiger partial charge in [0, 0.05) is 38.3 Å². The fourth-order valence-corrected chi connectivity index (χ4v) is 3.94. The molecule has 13 heteroatoms. The Balaban J connectivity index is 0.000000239. The maximum atomic E-state index is 12.4. The number of allylic oxidation sites excluding steroid dienone is 1. The van der Waals surface area contributed by atoms with Crippen LogP contribution in [-0.4, -0.2) is 80.9 Å². The lowest BCUT2D eigenvalue weighted by Gasteiger charge is -2.28. The zero-order valence-electron chi connectivity index (χ0n) is 22.3. The minimum Gasteiger partial charge on any atom is -0.373 e. The van der Waals surface area contributed by atoms with Gasteiger partial charge in [-0.1, -0.05) is 46.4 Å². The third-order valence-corrected chi connectivity index (χ3v) is 7.26. The van der Waals surface area contributed by atoms with Crippen LogP contribution in [-0.2, 0) is 14.3 Å². The van der Waals surface area contributed by atoms with Crippen molar-refractivity contribution in [1.29, 1.82) is 10.5 Å². The number of halogens is 4. The van der Waals surface area contributed by atoms with Crippen molar-refractivity contribution in [2.24, 2.45) is 0 Å². The van der Waals surface area contributed by atoms with Crippen LogP contribution in [0.15, 0.2) is 47.7 Å². The molecule has 0 atom stereocenters. The molecule has 2 fully saturated rings. The summed E-state index contributed by atoms with van der Waals surface area (Å²) in [6.07, 6.45) is -0.141. The molecule has 2 aromatic rings. The van der Waals surface area contributed by atoms with E-state index in [0.29, 0.717) is 51.7 Å². The molecule has 2 saturated heterocycles. The highest BCUT2D eigenvalue weighted by Gasteiger charge is 2.23. The Labute approximate surface area is 258 Å². The summed E-state index contributed by atoms with van der Waals surface area (Å²) in [5, 5.41) is 18.9. The average Bonchev–Trinajstić information content (AvgIpc) is 2.95. The number of carbonyl (C=O) groups excluding carboxylic acids is 3. The minimum atomic E-state index is -0.376. The van der Waals surface area contributed by atoms with Gasteiger partial charge in [0.15, 0.2) is 5.78 Å². The van der Waals surface area contributed by atoms with Gasteiger partial charge in [0.1, 0.15) is 18.2 Å². The number of Topliss-reactive ketones (excluding diaryl/α,β-unsaturated/α-hetero) is 2. The molecule has 0 aliphatic carbocycles. The van der Waals surface area contributed by atoms with E-state index in [1.165, 1.54) is 24.3 Å². The molecule has 216 valence electrons. The molecule has 0 saturated carbocycles. The largest absolute Gasteiger partial charge is 0.373 e. The Morgan fingerprint density at radius 3 is 1.83 bits per heavy atom. The first kappa shape index (κ1) is 34.1. The Bertz CT molecular complexity index is 1400. The third-order valence-electron chi connectivity index (χ3n) is 5.78. The van der Waals surface area contributed by atoms with Crippen molar-refractivity contribution >= 4 is 63.9 Å². The second-order valence-corrected chi connectivity index (χ2v) is 10.2. The molecular weight excluding hydrogens is 614 g/mol. The summed E-state index contributed by atoms with van der Waals surface area (Å²) >= 11 is 23.1. The SMILES string of the molecule is CN1CCOC/C1=C(\C#N)C(=O)c1ccc(Cl)c(Cl)c1.CN1CCOCC1=O.N#CCC(=O)c1ccc(Cl)c(Cl)c1. The van der Waals surface area contributed by atoms with E-state index in [9.17, 15) is 19.6 Å². The number of carbonyl (C=O) groups is 3. The Hall–Kier alpha value is -3.15. The zero-order chi connectivity index (χ0) is 30.5. The van der Waals surface area contributed by atoms with Crippen molar-refractivity contribution in [3.8, 4) is 12.1 Å². The molecule has 0 radical (unpaired) electrons. The van der Waals surface area contributed by atoms with Crippen LogP contribution in [0.3, 0.4) is 0 Å². The van der Waals surface area contributed by atoms with E-state index in [0.717, 1.165) is 6.54 Å². The summed E-state index contributed by atoms with van der Waals surface area (Å²) in [4.78, 5) is 37.7. The fourth-order valence-electron chi connectivity index (χ4n) is 3.35. The molecule has 1 amide bonds. The Morgan fingerprint density at radius 2 is 1.37 bits per heavy atom. The number of ketones is 2. The van der Waals surface area contributed by atoms with E-state index in [-0.39, 0.29) is 47.7 Å². The summed E-state index contributed by atoms with van der Waals surface area (Å²) in [5.74, 6) is -0.546. The van der Waals surface area contributed by atoms with Gasteiger partial charge in [-0.05, 0) is 36.4 Å². The molecule has 2 aromatic carbocycles. The summed E-state index contributed by atoms with van der Waals surface area (Å²) in [5.41, 5.74) is 1.42. The number of likely N-dealkylation sites (N-methyl/N-ethyl adjacent to an activating group) is 2. The van der Waals surface area contributed by atoms with Gasteiger partial charge in [-0.25, -0.2) is 0 Å². The van der Waals surface area contributed by atoms with Crippen LogP contribution in [0.25, 0.3) is 0 Å². The number of ether oxygens (including phenoxy) is 2. The molecule has 0 aromatic heterocycles. The normalized spacial score (nSPS) is 15.8. The van der Waals surface area contributed by atoms with Gasteiger partial charge in [0.25, 0.3) is 0 Å². The molecule has 2 aliphatic heterocycles. The molecule has 0 bridgehead atoms.